The smallest absolute Gasteiger partial charge is 0.335 e. The monoisotopic (exact) mass is 724 g/mol. The van der Waals surface area contributed by atoms with Crippen molar-refractivity contribution < 1.29 is 36.3 Å². The zero-order valence-electron chi connectivity index (χ0n) is 28.8. The maximum Gasteiger partial charge on any atom is 0.335 e. The number of carbonyl (C=O) groups excluding carboxylic acids is 3. The third-order valence-electron chi connectivity index (χ3n) is 7.63. The summed E-state index contributed by atoms with van der Waals surface area (Å²) in [5.41, 5.74) is -1.45. The molecule has 4 aromatic rings. The summed E-state index contributed by atoms with van der Waals surface area (Å²) in [5.74, 6) is -5.08. The van der Waals surface area contributed by atoms with E-state index in [-0.39, 0.29) is 40.7 Å². The summed E-state index contributed by atoms with van der Waals surface area (Å²) >= 11 is 0. The van der Waals surface area contributed by atoms with Crippen molar-refractivity contribution in [1.29, 1.82) is 0 Å². The first-order chi connectivity index (χ1) is 23.9. The first-order valence-corrected chi connectivity index (χ1v) is 17.4. The number of carbonyl (C=O) groups is 3. The molecule has 0 aliphatic heterocycles. The minimum atomic E-state index is -4.37. The first-order valence-electron chi connectivity index (χ1n) is 15.9. The second kappa shape index (κ2) is 15.6. The highest BCUT2D eigenvalue weighted by molar-refractivity contribution is 7.92. The Morgan fingerprint density at radius 3 is 2.10 bits per heavy atom. The zero-order chi connectivity index (χ0) is 37.8. The molecule has 0 unspecified atom stereocenters. The Morgan fingerprint density at radius 2 is 1.53 bits per heavy atom. The number of benzene rings is 3. The molecule has 0 radical (unpaired) electrons. The van der Waals surface area contributed by atoms with Gasteiger partial charge in [0.05, 0.1) is 22.4 Å². The van der Waals surface area contributed by atoms with E-state index in [4.69, 9.17) is 4.74 Å². The molecule has 0 bridgehead atoms. The van der Waals surface area contributed by atoms with E-state index >= 15 is 8.78 Å². The average Bonchev–Trinajstić information content (AvgIpc) is 3.02. The van der Waals surface area contributed by atoms with Gasteiger partial charge in [-0.05, 0) is 74.2 Å². The van der Waals surface area contributed by atoms with Crippen LogP contribution in [0.5, 0.6) is 0 Å². The number of aryl methyl sites for hydroxylation is 2. The van der Waals surface area contributed by atoms with E-state index in [0.717, 1.165) is 4.57 Å². The van der Waals surface area contributed by atoms with Crippen LogP contribution in [0.1, 0.15) is 66.0 Å². The maximum atomic E-state index is 15.3. The van der Waals surface area contributed by atoms with Crippen LogP contribution in [0.25, 0.3) is 5.69 Å². The van der Waals surface area contributed by atoms with E-state index in [2.05, 4.69) is 10.0 Å². The lowest BCUT2D eigenvalue weighted by Gasteiger charge is -2.20. The number of hydrogen-bond acceptors (Lipinski definition) is 8. The fourth-order valence-electron chi connectivity index (χ4n) is 5.23. The Bertz CT molecular complexity index is 2190. The third kappa shape index (κ3) is 9.22. The molecule has 0 aliphatic rings. The molecule has 3 aromatic carbocycles. The fourth-order valence-corrected chi connectivity index (χ4v) is 6.50. The number of ketones is 1. The second-order valence-corrected chi connectivity index (χ2v) is 14.3. The molecule has 2 N–H and O–H groups in total. The molecule has 0 saturated heterocycles. The van der Waals surface area contributed by atoms with Crippen LogP contribution in [0.4, 0.5) is 14.5 Å². The van der Waals surface area contributed by atoms with Gasteiger partial charge in [0.25, 0.3) is 21.5 Å². The molecular weight excluding hydrogens is 686 g/mol. The summed E-state index contributed by atoms with van der Waals surface area (Å²) < 4.78 is 66.4. The largest absolute Gasteiger partial charge is 0.461 e. The summed E-state index contributed by atoms with van der Waals surface area (Å²) in [6.07, 6.45) is 0.820. The molecule has 51 heavy (non-hydrogen) atoms. The van der Waals surface area contributed by atoms with Crippen molar-refractivity contribution in [3.8, 4) is 5.69 Å². The summed E-state index contributed by atoms with van der Waals surface area (Å²) in [7, 11) is -2.89. The van der Waals surface area contributed by atoms with Gasteiger partial charge in [0, 0.05) is 37.7 Å². The molecule has 270 valence electrons. The van der Waals surface area contributed by atoms with Gasteiger partial charge >= 0.3 is 11.7 Å². The second-order valence-electron chi connectivity index (χ2n) is 12.7. The molecule has 4 rings (SSSR count). The van der Waals surface area contributed by atoms with Crippen LogP contribution in [0.15, 0.2) is 81.3 Å². The molecule has 0 aliphatic carbocycles. The van der Waals surface area contributed by atoms with E-state index in [9.17, 15) is 32.4 Å². The highest BCUT2D eigenvalue weighted by atomic mass is 32.2. The highest BCUT2D eigenvalue weighted by Crippen LogP contribution is 2.25. The number of ether oxygens (including phenoxy) is 1. The number of sulfonamides is 1. The number of nitrogens with one attached hydrogen (secondary N) is 2. The van der Waals surface area contributed by atoms with Gasteiger partial charge in [0.2, 0.25) is 0 Å². The van der Waals surface area contributed by atoms with Crippen molar-refractivity contribution in [1.82, 2.24) is 14.5 Å². The van der Waals surface area contributed by atoms with Crippen molar-refractivity contribution in [3.05, 3.63) is 122 Å². The Kier molecular flexibility index (Phi) is 11.8. The molecule has 1 aromatic heterocycles. The number of rotatable bonds is 13. The fraction of sp³-hybridized carbons (Fsp3) is 0.306. The number of nitrogens with zero attached hydrogens (tertiary/aromatic N) is 2. The van der Waals surface area contributed by atoms with Crippen LogP contribution in [0.2, 0.25) is 0 Å². The van der Waals surface area contributed by atoms with Gasteiger partial charge in [0.15, 0.2) is 5.78 Å². The van der Waals surface area contributed by atoms with Crippen molar-refractivity contribution >= 4 is 33.4 Å². The van der Waals surface area contributed by atoms with Gasteiger partial charge < -0.3 is 14.6 Å². The van der Waals surface area contributed by atoms with Gasteiger partial charge in [-0.3, -0.25) is 19.1 Å². The number of anilines is 1. The number of halogens is 2. The lowest BCUT2D eigenvalue weighted by atomic mass is 10.00. The van der Waals surface area contributed by atoms with E-state index in [1.165, 1.54) is 73.3 Å². The normalized spacial score (nSPS) is 12.1. The molecule has 1 heterocycles. The lowest BCUT2D eigenvalue weighted by Crippen LogP contribution is -2.44. The van der Waals surface area contributed by atoms with Gasteiger partial charge in [-0.25, -0.2) is 31.4 Å². The summed E-state index contributed by atoms with van der Waals surface area (Å²) in [6.45, 7) is 8.39. The lowest BCUT2D eigenvalue weighted by molar-refractivity contribution is -0.149. The number of amides is 1. The average molecular weight is 725 g/mol. The summed E-state index contributed by atoms with van der Waals surface area (Å²) in [6, 6.07) is 11.0. The van der Waals surface area contributed by atoms with Crippen molar-refractivity contribution in [3.63, 3.8) is 0 Å². The Labute approximate surface area is 293 Å². The predicted molar refractivity (Wildman–Crippen MR) is 186 cm³/mol. The molecular formula is C36H38F2N4O8S. The highest BCUT2D eigenvalue weighted by Gasteiger charge is 2.28. The molecule has 12 nitrogen and oxygen atoms in total. The quantitative estimate of drug-likeness (QED) is 0.151. The maximum absolute atomic E-state index is 15.3. The summed E-state index contributed by atoms with van der Waals surface area (Å²) in [4.78, 5) is 63.2. The molecule has 0 saturated carbocycles. The number of hydrogen-bond donors (Lipinski definition) is 2. The van der Waals surface area contributed by atoms with E-state index < -0.39 is 68.2 Å². The zero-order valence-corrected chi connectivity index (χ0v) is 29.6. The standard InChI is InChI=1S/C36H38F2N4O8S/c1-20(2)15-30(43)24-9-12-31(22(5)16-24)51(48,49)40-25-18-27(37)33(28(38)19-25)34(45)39-29(35(46)50-21(3)4)17-23-7-10-26(11-8-23)42-32(44)13-14-41(6)36(42)47/h7-14,16,18-21,29,40H,15,17H2,1-6H3,(H,39,45)/t29-/m0/s1. The molecule has 1 atom stereocenters. The Balaban J connectivity index is 1.55. The van der Waals surface area contributed by atoms with E-state index in [0.29, 0.717) is 23.3 Å². The van der Waals surface area contributed by atoms with Crippen LogP contribution >= 0.6 is 0 Å². The van der Waals surface area contributed by atoms with Gasteiger partial charge in [-0.1, -0.05) is 32.0 Å². The molecule has 0 fully saturated rings. The Hall–Kier alpha value is -5.44. The van der Waals surface area contributed by atoms with Crippen LogP contribution in [-0.4, -0.2) is 47.4 Å². The van der Waals surface area contributed by atoms with Crippen LogP contribution in [-0.2, 0) is 33.0 Å². The first kappa shape index (κ1) is 38.4. The van der Waals surface area contributed by atoms with Crippen molar-refractivity contribution in [2.45, 2.75) is 64.5 Å². The van der Waals surface area contributed by atoms with Gasteiger partial charge in [-0.15, -0.1) is 0 Å². The third-order valence-corrected chi connectivity index (χ3v) is 9.17. The van der Waals surface area contributed by atoms with Gasteiger partial charge in [0.1, 0.15) is 23.2 Å². The van der Waals surface area contributed by atoms with Crippen molar-refractivity contribution in [2.24, 2.45) is 13.0 Å². The van der Waals surface area contributed by atoms with E-state index in [1.54, 1.807) is 13.8 Å². The van der Waals surface area contributed by atoms with Crippen LogP contribution < -0.4 is 21.3 Å². The van der Waals surface area contributed by atoms with E-state index in [1.807, 2.05) is 13.8 Å². The predicted octanol–water partition coefficient (Wildman–Crippen LogP) is 4.45. The van der Waals surface area contributed by atoms with Crippen LogP contribution in [0.3, 0.4) is 0 Å². The topological polar surface area (TPSA) is 163 Å². The summed E-state index contributed by atoms with van der Waals surface area (Å²) in [5, 5.41) is 2.30. The number of esters is 1. The van der Waals surface area contributed by atoms with Crippen LogP contribution in [0, 0.1) is 24.5 Å². The van der Waals surface area contributed by atoms with Gasteiger partial charge in [-0.2, -0.15) is 0 Å². The van der Waals surface area contributed by atoms with Crippen molar-refractivity contribution in [2.75, 3.05) is 4.72 Å². The minimum absolute atomic E-state index is 0.100. The molecule has 15 heteroatoms. The molecule has 1 amide bonds. The SMILES string of the molecule is Cc1cc(C(=O)CC(C)C)ccc1S(=O)(=O)Nc1cc(F)c(C(=O)N[C@@H](Cc2ccc(-n3c(=O)ccn(C)c3=O)cc2)C(=O)OC(C)C)c(F)c1. The number of Topliss-reactive ketones (excluding diaryl/α,β-unsaturated/α-hetero) is 1. The minimum Gasteiger partial charge on any atom is -0.461 e. The number of aromatic nitrogens is 2. The Morgan fingerprint density at radius 1 is 0.902 bits per heavy atom. The molecule has 0 spiro atoms.